The van der Waals surface area contributed by atoms with Gasteiger partial charge in [0, 0.05) is 11.3 Å². The molecular formula is C19H21N. The molecule has 0 bridgehead atoms. The lowest BCUT2D eigenvalue weighted by Gasteiger charge is -2.04. The minimum absolute atomic E-state index is 0.670. The van der Waals surface area contributed by atoms with E-state index in [1.165, 1.54) is 24.8 Å². The van der Waals surface area contributed by atoms with E-state index in [2.05, 4.69) is 48.3 Å². The maximum absolute atomic E-state index is 3.32. The number of hydrogen-bond donors (Lipinski definition) is 1. The van der Waals surface area contributed by atoms with Crippen molar-refractivity contribution in [2.45, 2.75) is 26.2 Å². The summed E-state index contributed by atoms with van der Waals surface area (Å²) in [6.45, 7) is 2.89. The van der Waals surface area contributed by atoms with Crippen LogP contribution in [0, 0.1) is 11.8 Å². The van der Waals surface area contributed by atoms with Gasteiger partial charge in [-0.1, -0.05) is 55.5 Å². The summed E-state index contributed by atoms with van der Waals surface area (Å²) in [6.07, 6.45) is 3.68. The molecule has 0 aliphatic heterocycles. The Kier molecular flexibility index (Phi) is 5.73. The van der Waals surface area contributed by atoms with Gasteiger partial charge < -0.3 is 5.32 Å². The number of anilines is 1. The molecule has 1 nitrogen and oxygen atoms in total. The summed E-state index contributed by atoms with van der Waals surface area (Å²) in [5, 5.41) is 3.32. The molecule has 1 heteroatoms. The molecule has 20 heavy (non-hydrogen) atoms. The van der Waals surface area contributed by atoms with Crippen LogP contribution < -0.4 is 5.32 Å². The molecule has 2 rings (SSSR count). The largest absolute Gasteiger partial charge is 0.374 e. The highest BCUT2D eigenvalue weighted by Crippen LogP contribution is 2.11. The Bertz CT molecular complexity index is 558. The molecule has 0 amide bonds. The van der Waals surface area contributed by atoms with Crippen LogP contribution in [0.2, 0.25) is 0 Å². The summed E-state index contributed by atoms with van der Waals surface area (Å²) in [4.78, 5) is 0. The zero-order valence-electron chi connectivity index (χ0n) is 12.0. The van der Waals surface area contributed by atoms with Crippen molar-refractivity contribution in [1.82, 2.24) is 0 Å². The third-order valence-corrected chi connectivity index (χ3v) is 3.16. The number of benzene rings is 2. The molecular weight excluding hydrogens is 242 g/mol. The van der Waals surface area contributed by atoms with Crippen molar-refractivity contribution >= 4 is 5.69 Å². The fourth-order valence-electron chi connectivity index (χ4n) is 1.98. The summed E-state index contributed by atoms with van der Waals surface area (Å²) in [6, 6.07) is 18.7. The predicted molar refractivity (Wildman–Crippen MR) is 86.9 cm³/mol. The summed E-state index contributed by atoms with van der Waals surface area (Å²) in [5.74, 6) is 6.28. The SMILES string of the molecule is CCCCc1ccc(NCC#Cc2ccccc2)cc1. The minimum Gasteiger partial charge on any atom is -0.374 e. The quantitative estimate of drug-likeness (QED) is 0.784. The van der Waals surface area contributed by atoms with Gasteiger partial charge in [0.25, 0.3) is 0 Å². The molecule has 102 valence electrons. The van der Waals surface area contributed by atoms with Crippen LogP contribution in [0.4, 0.5) is 5.69 Å². The van der Waals surface area contributed by atoms with Crippen molar-refractivity contribution in [3.05, 3.63) is 65.7 Å². The van der Waals surface area contributed by atoms with Crippen LogP contribution in [0.3, 0.4) is 0 Å². The van der Waals surface area contributed by atoms with Gasteiger partial charge >= 0.3 is 0 Å². The smallest absolute Gasteiger partial charge is 0.0769 e. The third kappa shape index (κ3) is 4.82. The van der Waals surface area contributed by atoms with Gasteiger partial charge in [0.05, 0.1) is 6.54 Å². The second-order valence-corrected chi connectivity index (χ2v) is 4.82. The number of aryl methyl sites for hydroxylation is 1. The third-order valence-electron chi connectivity index (χ3n) is 3.16. The molecule has 0 radical (unpaired) electrons. The summed E-state index contributed by atoms with van der Waals surface area (Å²) < 4.78 is 0. The standard InChI is InChI=1S/C19H21N/c1-2-3-8-18-12-14-19(15-13-18)20-16-7-11-17-9-5-4-6-10-17/h4-6,9-10,12-15,20H,2-3,8,16H2,1H3. The lowest BCUT2D eigenvalue weighted by atomic mass is 10.1. The number of nitrogens with one attached hydrogen (secondary N) is 1. The highest BCUT2D eigenvalue weighted by molar-refractivity contribution is 5.46. The van der Waals surface area contributed by atoms with E-state index < -0.39 is 0 Å². The van der Waals surface area contributed by atoms with Crippen LogP contribution in [0.25, 0.3) is 0 Å². The summed E-state index contributed by atoms with van der Waals surface area (Å²) >= 11 is 0. The topological polar surface area (TPSA) is 12.0 Å². The van der Waals surface area contributed by atoms with Crippen LogP contribution in [0.15, 0.2) is 54.6 Å². The number of unbranched alkanes of at least 4 members (excludes halogenated alkanes) is 1. The molecule has 0 unspecified atom stereocenters. The maximum atomic E-state index is 3.32. The van der Waals surface area contributed by atoms with Crippen molar-refractivity contribution in [2.24, 2.45) is 0 Å². The van der Waals surface area contributed by atoms with E-state index in [9.17, 15) is 0 Å². The Morgan fingerprint density at radius 1 is 0.950 bits per heavy atom. The molecule has 0 aliphatic rings. The van der Waals surface area contributed by atoms with Crippen molar-refractivity contribution in [1.29, 1.82) is 0 Å². The lowest BCUT2D eigenvalue weighted by Crippen LogP contribution is -1.98. The lowest BCUT2D eigenvalue weighted by molar-refractivity contribution is 0.795. The average Bonchev–Trinajstić information content (AvgIpc) is 2.52. The van der Waals surface area contributed by atoms with E-state index in [1.54, 1.807) is 0 Å². The fourth-order valence-corrected chi connectivity index (χ4v) is 1.98. The van der Waals surface area contributed by atoms with Crippen LogP contribution in [-0.2, 0) is 6.42 Å². The van der Waals surface area contributed by atoms with Gasteiger partial charge in [0.15, 0.2) is 0 Å². The fraction of sp³-hybridized carbons (Fsp3) is 0.263. The monoisotopic (exact) mass is 263 g/mol. The Hall–Kier alpha value is -2.20. The van der Waals surface area contributed by atoms with Crippen molar-refractivity contribution in [3.8, 4) is 11.8 Å². The van der Waals surface area contributed by atoms with Crippen molar-refractivity contribution in [2.75, 3.05) is 11.9 Å². The average molecular weight is 263 g/mol. The van der Waals surface area contributed by atoms with Gasteiger partial charge in [0.2, 0.25) is 0 Å². The van der Waals surface area contributed by atoms with Gasteiger partial charge in [-0.15, -0.1) is 0 Å². The van der Waals surface area contributed by atoms with E-state index in [-0.39, 0.29) is 0 Å². The van der Waals surface area contributed by atoms with Gasteiger partial charge in [-0.2, -0.15) is 0 Å². The molecule has 1 N–H and O–H groups in total. The van der Waals surface area contributed by atoms with Crippen LogP contribution in [0.5, 0.6) is 0 Å². The molecule has 0 heterocycles. The predicted octanol–water partition coefficient (Wildman–Crippen LogP) is 4.49. The van der Waals surface area contributed by atoms with Crippen LogP contribution in [0.1, 0.15) is 30.9 Å². The van der Waals surface area contributed by atoms with Gasteiger partial charge in [-0.05, 0) is 42.7 Å². The molecule has 0 aliphatic carbocycles. The Balaban J connectivity index is 1.81. The minimum atomic E-state index is 0.670. The first-order valence-corrected chi connectivity index (χ1v) is 7.25. The van der Waals surface area contributed by atoms with E-state index in [4.69, 9.17) is 0 Å². The maximum Gasteiger partial charge on any atom is 0.0769 e. The Labute approximate surface area is 122 Å². The first kappa shape index (κ1) is 14.2. The van der Waals surface area contributed by atoms with Crippen molar-refractivity contribution in [3.63, 3.8) is 0 Å². The molecule has 2 aromatic rings. The number of hydrogen-bond acceptors (Lipinski definition) is 1. The number of rotatable bonds is 5. The summed E-state index contributed by atoms with van der Waals surface area (Å²) in [7, 11) is 0. The molecule has 0 fully saturated rings. The zero-order valence-corrected chi connectivity index (χ0v) is 12.0. The second kappa shape index (κ2) is 8.07. The second-order valence-electron chi connectivity index (χ2n) is 4.82. The molecule has 0 saturated carbocycles. The zero-order chi connectivity index (χ0) is 14.0. The van der Waals surface area contributed by atoms with E-state index in [1.807, 2.05) is 30.3 Å². The van der Waals surface area contributed by atoms with E-state index in [0.717, 1.165) is 11.3 Å². The Morgan fingerprint density at radius 3 is 2.40 bits per heavy atom. The molecule has 0 spiro atoms. The normalized spacial score (nSPS) is 9.65. The summed E-state index contributed by atoms with van der Waals surface area (Å²) in [5.41, 5.74) is 3.60. The van der Waals surface area contributed by atoms with Gasteiger partial charge in [0.1, 0.15) is 0 Å². The molecule has 2 aromatic carbocycles. The van der Waals surface area contributed by atoms with Crippen LogP contribution >= 0.6 is 0 Å². The molecule has 0 aromatic heterocycles. The van der Waals surface area contributed by atoms with E-state index in [0.29, 0.717) is 6.54 Å². The van der Waals surface area contributed by atoms with Gasteiger partial charge in [-0.25, -0.2) is 0 Å². The molecule has 0 saturated heterocycles. The first-order valence-electron chi connectivity index (χ1n) is 7.25. The Morgan fingerprint density at radius 2 is 1.70 bits per heavy atom. The highest BCUT2D eigenvalue weighted by atomic mass is 14.8. The van der Waals surface area contributed by atoms with Crippen LogP contribution in [-0.4, -0.2) is 6.54 Å². The van der Waals surface area contributed by atoms with Gasteiger partial charge in [-0.3, -0.25) is 0 Å². The van der Waals surface area contributed by atoms with E-state index >= 15 is 0 Å². The molecule has 0 atom stereocenters. The highest BCUT2D eigenvalue weighted by Gasteiger charge is 1.93. The first-order chi connectivity index (χ1) is 9.88. The van der Waals surface area contributed by atoms with Crippen molar-refractivity contribution < 1.29 is 0 Å².